The molecular weight excluding hydrogens is 408 g/mol. The minimum atomic E-state index is -0.785. The Labute approximate surface area is 186 Å². The molecule has 164 valence electrons. The molecule has 32 heavy (non-hydrogen) atoms. The number of aliphatic carboxylic acids is 1. The van der Waals surface area contributed by atoms with Crippen LogP contribution in [0.3, 0.4) is 0 Å². The number of aromatic nitrogens is 2. The van der Waals surface area contributed by atoms with E-state index >= 15 is 0 Å². The van der Waals surface area contributed by atoms with Gasteiger partial charge in [0.2, 0.25) is 5.82 Å². The van der Waals surface area contributed by atoms with Gasteiger partial charge < -0.3 is 14.4 Å². The fourth-order valence-electron chi connectivity index (χ4n) is 3.88. The highest BCUT2D eigenvalue weighted by atomic mass is 16.5. The number of fused-ring (bicyclic) bond motifs is 1. The van der Waals surface area contributed by atoms with E-state index in [0.717, 1.165) is 29.7 Å². The van der Waals surface area contributed by atoms with Gasteiger partial charge in [-0.2, -0.15) is 10.2 Å². The Balaban J connectivity index is 1.58. The molecular formula is C24H24N4O4. The summed E-state index contributed by atoms with van der Waals surface area (Å²) >= 11 is 0. The maximum atomic E-state index is 10.9. The van der Waals surface area contributed by atoms with Crippen LogP contribution in [-0.4, -0.2) is 45.3 Å². The third-order valence-corrected chi connectivity index (χ3v) is 5.36. The molecule has 0 unspecified atom stereocenters. The predicted octanol–water partition coefficient (Wildman–Crippen LogP) is 3.90. The summed E-state index contributed by atoms with van der Waals surface area (Å²) in [6.07, 6.45) is 0.885. The number of nitrogens with zero attached hydrogens (tertiary/aromatic N) is 4. The molecule has 0 fully saturated rings. The van der Waals surface area contributed by atoms with Crippen LogP contribution in [0, 0.1) is 11.3 Å². The number of ether oxygens (including phenoxy) is 1. The summed E-state index contributed by atoms with van der Waals surface area (Å²) in [5.74, 6) is 0.573. The zero-order valence-electron chi connectivity index (χ0n) is 18.0. The minimum Gasteiger partial charge on any atom is -0.490 e. The Morgan fingerprint density at radius 1 is 1.34 bits per heavy atom. The van der Waals surface area contributed by atoms with E-state index in [4.69, 9.17) is 14.4 Å². The van der Waals surface area contributed by atoms with Crippen molar-refractivity contribution in [2.24, 2.45) is 0 Å². The van der Waals surface area contributed by atoms with Crippen molar-refractivity contribution in [3.63, 3.8) is 0 Å². The van der Waals surface area contributed by atoms with E-state index < -0.39 is 5.97 Å². The Hall–Kier alpha value is -3.70. The van der Waals surface area contributed by atoms with Crippen molar-refractivity contribution in [1.29, 1.82) is 5.26 Å². The lowest BCUT2D eigenvalue weighted by molar-refractivity contribution is -0.137. The summed E-state index contributed by atoms with van der Waals surface area (Å²) in [5.41, 5.74) is 4.28. The number of carboxylic acids is 1. The highest BCUT2D eigenvalue weighted by Gasteiger charge is 2.22. The molecule has 2 heterocycles. The summed E-state index contributed by atoms with van der Waals surface area (Å²) < 4.78 is 11.2. The summed E-state index contributed by atoms with van der Waals surface area (Å²) in [7, 11) is 0. The number of nitriles is 1. The van der Waals surface area contributed by atoms with Crippen LogP contribution in [0.15, 0.2) is 40.9 Å². The van der Waals surface area contributed by atoms with E-state index in [1.54, 1.807) is 18.2 Å². The lowest BCUT2D eigenvalue weighted by atomic mass is 9.94. The van der Waals surface area contributed by atoms with Gasteiger partial charge in [-0.25, -0.2) is 0 Å². The number of carbonyl (C=O) groups is 1. The maximum absolute atomic E-state index is 10.9. The van der Waals surface area contributed by atoms with Gasteiger partial charge >= 0.3 is 5.97 Å². The van der Waals surface area contributed by atoms with Crippen LogP contribution in [0.4, 0.5) is 0 Å². The lowest BCUT2D eigenvalue weighted by Crippen LogP contribution is -2.32. The van der Waals surface area contributed by atoms with Crippen molar-refractivity contribution >= 4 is 5.97 Å². The standard InChI is InChI=1S/C24H24N4O4/c1-15(2)31-21-7-6-16(12-18(21)13-25)24-26-23(27-32-24)20-5-3-4-17-14-28(10-8-19(17)20)11-9-22(29)30/h3-7,12,15H,8-11,14H2,1-2H3,(H,29,30). The molecule has 0 amide bonds. The zero-order chi connectivity index (χ0) is 22.7. The topological polar surface area (TPSA) is 112 Å². The molecule has 0 aliphatic carbocycles. The molecule has 1 aromatic heterocycles. The van der Waals surface area contributed by atoms with Crippen LogP contribution in [0.2, 0.25) is 0 Å². The van der Waals surface area contributed by atoms with Crippen molar-refractivity contribution in [1.82, 2.24) is 15.0 Å². The van der Waals surface area contributed by atoms with E-state index in [0.29, 0.717) is 41.7 Å². The van der Waals surface area contributed by atoms with Gasteiger partial charge in [-0.05, 0) is 49.6 Å². The first-order chi connectivity index (χ1) is 15.4. The fraction of sp³-hybridized carbons (Fsp3) is 0.333. The molecule has 0 saturated carbocycles. The first-order valence-electron chi connectivity index (χ1n) is 10.5. The van der Waals surface area contributed by atoms with Crippen LogP contribution >= 0.6 is 0 Å². The molecule has 1 aliphatic heterocycles. The van der Waals surface area contributed by atoms with Crippen molar-refractivity contribution in [2.75, 3.05) is 13.1 Å². The molecule has 2 aromatic carbocycles. The maximum Gasteiger partial charge on any atom is 0.304 e. The molecule has 0 bridgehead atoms. The van der Waals surface area contributed by atoms with Gasteiger partial charge in [-0.15, -0.1) is 0 Å². The van der Waals surface area contributed by atoms with Crippen molar-refractivity contribution in [2.45, 2.75) is 39.3 Å². The molecule has 3 aromatic rings. The Bertz CT molecular complexity index is 1180. The Morgan fingerprint density at radius 2 is 2.19 bits per heavy atom. The van der Waals surface area contributed by atoms with Gasteiger partial charge in [0.25, 0.3) is 5.89 Å². The normalized spacial score (nSPS) is 13.6. The van der Waals surface area contributed by atoms with Crippen molar-refractivity contribution in [3.8, 4) is 34.7 Å². The van der Waals surface area contributed by atoms with Crippen LogP contribution in [0.5, 0.6) is 5.75 Å². The second kappa shape index (κ2) is 9.20. The predicted molar refractivity (Wildman–Crippen MR) is 117 cm³/mol. The number of carboxylic acid groups (broad SMARTS) is 1. The van der Waals surface area contributed by atoms with Gasteiger partial charge in [0.15, 0.2) is 0 Å². The molecule has 8 heteroatoms. The van der Waals surface area contributed by atoms with E-state index in [1.807, 2.05) is 26.0 Å². The van der Waals surface area contributed by atoms with Crippen LogP contribution in [0.25, 0.3) is 22.8 Å². The lowest BCUT2D eigenvalue weighted by Gasteiger charge is -2.29. The van der Waals surface area contributed by atoms with Gasteiger partial charge in [0.1, 0.15) is 11.8 Å². The van der Waals surface area contributed by atoms with Gasteiger partial charge in [-0.1, -0.05) is 23.4 Å². The van der Waals surface area contributed by atoms with Gasteiger partial charge in [0.05, 0.1) is 18.1 Å². The van der Waals surface area contributed by atoms with E-state index in [1.165, 1.54) is 0 Å². The van der Waals surface area contributed by atoms with Crippen molar-refractivity contribution in [3.05, 3.63) is 53.1 Å². The highest BCUT2D eigenvalue weighted by Crippen LogP contribution is 2.31. The van der Waals surface area contributed by atoms with Crippen LogP contribution in [0.1, 0.15) is 37.0 Å². The summed E-state index contributed by atoms with van der Waals surface area (Å²) in [4.78, 5) is 17.6. The first kappa shape index (κ1) is 21.5. The second-order valence-electron chi connectivity index (χ2n) is 8.03. The number of rotatable bonds is 7. The zero-order valence-corrected chi connectivity index (χ0v) is 18.0. The molecule has 0 atom stereocenters. The average molecular weight is 432 g/mol. The van der Waals surface area contributed by atoms with Gasteiger partial charge in [-0.3, -0.25) is 9.69 Å². The van der Waals surface area contributed by atoms with Gasteiger partial charge in [0, 0.05) is 30.8 Å². The summed E-state index contributed by atoms with van der Waals surface area (Å²) in [5, 5.41) is 22.6. The molecule has 1 N–H and O–H groups in total. The monoisotopic (exact) mass is 432 g/mol. The molecule has 8 nitrogen and oxygen atoms in total. The third-order valence-electron chi connectivity index (χ3n) is 5.36. The van der Waals surface area contributed by atoms with E-state index in [2.05, 4.69) is 27.2 Å². The minimum absolute atomic E-state index is 0.0349. The molecule has 1 aliphatic rings. The fourth-order valence-corrected chi connectivity index (χ4v) is 3.88. The first-order valence-corrected chi connectivity index (χ1v) is 10.5. The summed E-state index contributed by atoms with van der Waals surface area (Å²) in [6.45, 7) is 5.83. The molecule has 0 spiro atoms. The average Bonchev–Trinajstić information content (AvgIpc) is 3.27. The van der Waals surface area contributed by atoms with E-state index in [9.17, 15) is 10.1 Å². The molecule has 0 radical (unpaired) electrons. The third kappa shape index (κ3) is 4.63. The Kier molecular flexibility index (Phi) is 6.19. The SMILES string of the molecule is CC(C)Oc1ccc(-c2nc(-c3cccc4c3CCN(CCC(=O)O)C4)no2)cc1C#N. The smallest absolute Gasteiger partial charge is 0.304 e. The van der Waals surface area contributed by atoms with Crippen LogP contribution in [-0.2, 0) is 17.8 Å². The van der Waals surface area contributed by atoms with E-state index in [-0.39, 0.29) is 12.5 Å². The second-order valence-corrected chi connectivity index (χ2v) is 8.03. The Morgan fingerprint density at radius 3 is 2.94 bits per heavy atom. The van der Waals surface area contributed by atoms with Crippen molar-refractivity contribution < 1.29 is 19.2 Å². The van der Waals surface area contributed by atoms with Crippen LogP contribution < -0.4 is 4.74 Å². The number of benzene rings is 2. The summed E-state index contributed by atoms with van der Waals surface area (Å²) in [6, 6.07) is 13.4. The molecule has 4 rings (SSSR count). The number of hydrogen-bond acceptors (Lipinski definition) is 7. The largest absolute Gasteiger partial charge is 0.490 e. The highest BCUT2D eigenvalue weighted by molar-refractivity contribution is 5.67. The number of hydrogen-bond donors (Lipinski definition) is 1. The quantitative estimate of drug-likeness (QED) is 0.598. The molecule has 0 saturated heterocycles.